The summed E-state index contributed by atoms with van der Waals surface area (Å²) in [5.41, 5.74) is 8.95. The summed E-state index contributed by atoms with van der Waals surface area (Å²) >= 11 is 0. The molecule has 22 heavy (non-hydrogen) atoms. The molecule has 3 heteroatoms. The van der Waals surface area contributed by atoms with Crippen molar-refractivity contribution in [1.29, 1.82) is 0 Å². The fraction of sp³-hybridized carbons (Fsp3) is 0.632. The zero-order valence-corrected chi connectivity index (χ0v) is 14.2. The van der Waals surface area contributed by atoms with Gasteiger partial charge in [-0.25, -0.2) is 0 Å². The van der Waals surface area contributed by atoms with Gasteiger partial charge in [-0.1, -0.05) is 38.1 Å². The Hall–Kier alpha value is -1.35. The Kier molecular flexibility index (Phi) is 6.01. The molecule has 1 amide bonds. The SMILES string of the molecule is CC(C)C(N)CCN(C)C(=O)CC1CCc2ccccc2C1. The number of rotatable bonds is 6. The van der Waals surface area contributed by atoms with Crippen molar-refractivity contribution in [2.45, 2.75) is 52.0 Å². The van der Waals surface area contributed by atoms with E-state index in [4.69, 9.17) is 5.73 Å². The van der Waals surface area contributed by atoms with E-state index in [0.717, 1.165) is 32.2 Å². The Morgan fingerprint density at radius 2 is 2.00 bits per heavy atom. The second-order valence-electron chi connectivity index (χ2n) is 7.09. The van der Waals surface area contributed by atoms with Gasteiger partial charge in [0.2, 0.25) is 5.91 Å². The summed E-state index contributed by atoms with van der Waals surface area (Å²) in [7, 11) is 1.91. The molecular weight excluding hydrogens is 272 g/mol. The van der Waals surface area contributed by atoms with Crippen molar-refractivity contribution in [3.05, 3.63) is 35.4 Å². The number of nitrogens with zero attached hydrogens (tertiary/aromatic N) is 1. The summed E-state index contributed by atoms with van der Waals surface area (Å²) in [6.07, 6.45) is 4.83. The molecule has 0 radical (unpaired) electrons. The molecule has 2 N–H and O–H groups in total. The van der Waals surface area contributed by atoms with Crippen LogP contribution < -0.4 is 5.73 Å². The molecule has 1 aromatic rings. The van der Waals surface area contributed by atoms with Crippen molar-refractivity contribution in [3.8, 4) is 0 Å². The molecule has 1 aromatic carbocycles. The molecule has 0 saturated carbocycles. The van der Waals surface area contributed by atoms with Gasteiger partial charge in [0.15, 0.2) is 0 Å². The van der Waals surface area contributed by atoms with Gasteiger partial charge >= 0.3 is 0 Å². The second kappa shape index (κ2) is 7.77. The van der Waals surface area contributed by atoms with Crippen LogP contribution in [0.15, 0.2) is 24.3 Å². The summed E-state index contributed by atoms with van der Waals surface area (Å²) in [5.74, 6) is 1.22. The first-order valence-electron chi connectivity index (χ1n) is 8.53. The zero-order chi connectivity index (χ0) is 16.1. The predicted octanol–water partition coefficient (Wildman–Crippen LogP) is 3.01. The molecule has 2 rings (SSSR count). The summed E-state index contributed by atoms with van der Waals surface area (Å²) in [6, 6.07) is 8.81. The Balaban J connectivity index is 1.80. The van der Waals surface area contributed by atoms with Gasteiger partial charge in [-0.05, 0) is 48.6 Å². The third kappa shape index (κ3) is 4.57. The van der Waals surface area contributed by atoms with E-state index < -0.39 is 0 Å². The van der Waals surface area contributed by atoms with Crippen molar-refractivity contribution in [1.82, 2.24) is 4.90 Å². The van der Waals surface area contributed by atoms with Gasteiger partial charge in [0.1, 0.15) is 0 Å². The summed E-state index contributed by atoms with van der Waals surface area (Å²) < 4.78 is 0. The van der Waals surface area contributed by atoms with Crippen molar-refractivity contribution >= 4 is 5.91 Å². The number of nitrogens with two attached hydrogens (primary N) is 1. The quantitative estimate of drug-likeness (QED) is 0.878. The Labute approximate surface area is 134 Å². The van der Waals surface area contributed by atoms with Gasteiger partial charge in [0.25, 0.3) is 0 Å². The molecule has 1 aliphatic rings. The summed E-state index contributed by atoms with van der Waals surface area (Å²) in [4.78, 5) is 14.3. The van der Waals surface area contributed by atoms with Gasteiger partial charge < -0.3 is 10.6 Å². The van der Waals surface area contributed by atoms with Crippen molar-refractivity contribution in [2.24, 2.45) is 17.6 Å². The highest BCUT2D eigenvalue weighted by atomic mass is 16.2. The van der Waals surface area contributed by atoms with Crippen LogP contribution in [0.5, 0.6) is 0 Å². The van der Waals surface area contributed by atoms with Crippen LogP contribution in [-0.4, -0.2) is 30.4 Å². The van der Waals surface area contributed by atoms with Gasteiger partial charge in [-0.2, -0.15) is 0 Å². The summed E-state index contributed by atoms with van der Waals surface area (Å²) in [6.45, 7) is 5.03. The minimum absolute atomic E-state index is 0.178. The van der Waals surface area contributed by atoms with Crippen molar-refractivity contribution in [2.75, 3.05) is 13.6 Å². The van der Waals surface area contributed by atoms with Gasteiger partial charge in [0, 0.05) is 26.1 Å². The fourth-order valence-electron chi connectivity index (χ4n) is 3.15. The Morgan fingerprint density at radius 1 is 1.32 bits per heavy atom. The Bertz CT molecular complexity index is 498. The van der Waals surface area contributed by atoms with E-state index in [9.17, 15) is 4.79 Å². The molecule has 1 aliphatic carbocycles. The number of carbonyl (C=O) groups is 1. The summed E-state index contributed by atoms with van der Waals surface area (Å²) in [5, 5.41) is 0. The number of hydrogen-bond donors (Lipinski definition) is 1. The zero-order valence-electron chi connectivity index (χ0n) is 14.2. The first-order chi connectivity index (χ1) is 10.5. The van der Waals surface area contributed by atoms with Crippen LogP contribution in [0.3, 0.4) is 0 Å². The van der Waals surface area contributed by atoms with Crippen molar-refractivity contribution < 1.29 is 4.79 Å². The maximum atomic E-state index is 12.4. The van der Waals surface area contributed by atoms with Crippen LogP contribution in [0.4, 0.5) is 0 Å². The van der Waals surface area contributed by atoms with Crippen LogP contribution in [0.1, 0.15) is 44.2 Å². The molecule has 3 nitrogen and oxygen atoms in total. The minimum atomic E-state index is 0.178. The lowest BCUT2D eigenvalue weighted by molar-refractivity contribution is -0.131. The van der Waals surface area contributed by atoms with E-state index in [1.165, 1.54) is 11.1 Å². The molecule has 0 aliphatic heterocycles. The highest BCUT2D eigenvalue weighted by molar-refractivity contribution is 5.76. The number of benzene rings is 1. The van der Waals surface area contributed by atoms with E-state index in [1.807, 2.05) is 11.9 Å². The second-order valence-corrected chi connectivity index (χ2v) is 7.09. The molecular formula is C19H30N2O. The molecule has 2 unspecified atom stereocenters. The van der Waals surface area contributed by atoms with Gasteiger partial charge in [-0.15, -0.1) is 0 Å². The predicted molar refractivity (Wildman–Crippen MR) is 91.6 cm³/mol. The first kappa shape index (κ1) is 17.0. The number of fused-ring (bicyclic) bond motifs is 1. The van der Waals surface area contributed by atoms with Crippen LogP contribution in [0, 0.1) is 11.8 Å². The van der Waals surface area contributed by atoms with Crippen LogP contribution in [0.2, 0.25) is 0 Å². The van der Waals surface area contributed by atoms with E-state index in [2.05, 4.69) is 38.1 Å². The van der Waals surface area contributed by atoms with E-state index in [1.54, 1.807) is 0 Å². The highest BCUT2D eigenvalue weighted by Gasteiger charge is 2.22. The topological polar surface area (TPSA) is 46.3 Å². The molecule has 0 fully saturated rings. The van der Waals surface area contributed by atoms with Gasteiger partial charge in [-0.3, -0.25) is 4.79 Å². The smallest absolute Gasteiger partial charge is 0.222 e. The molecule has 0 heterocycles. The van der Waals surface area contributed by atoms with Crippen LogP contribution >= 0.6 is 0 Å². The third-order valence-corrected chi connectivity index (χ3v) is 4.99. The van der Waals surface area contributed by atoms with Gasteiger partial charge in [0.05, 0.1) is 0 Å². The lowest BCUT2D eigenvalue weighted by atomic mass is 9.82. The third-order valence-electron chi connectivity index (χ3n) is 4.99. The molecule has 2 atom stereocenters. The monoisotopic (exact) mass is 302 g/mol. The maximum absolute atomic E-state index is 12.4. The molecule has 0 aromatic heterocycles. The average Bonchev–Trinajstić information content (AvgIpc) is 2.51. The molecule has 122 valence electrons. The van der Waals surface area contributed by atoms with Crippen LogP contribution in [0.25, 0.3) is 0 Å². The standard InChI is InChI=1S/C19H30N2O/c1-14(2)18(20)10-11-21(3)19(22)13-15-8-9-16-6-4-5-7-17(16)12-15/h4-7,14-15,18H,8-13,20H2,1-3H3. The molecule has 0 saturated heterocycles. The lowest BCUT2D eigenvalue weighted by Gasteiger charge is -2.27. The fourth-order valence-corrected chi connectivity index (χ4v) is 3.15. The van der Waals surface area contributed by atoms with E-state index >= 15 is 0 Å². The first-order valence-corrected chi connectivity index (χ1v) is 8.53. The lowest BCUT2D eigenvalue weighted by Crippen LogP contribution is -2.35. The van der Waals surface area contributed by atoms with Crippen molar-refractivity contribution in [3.63, 3.8) is 0 Å². The minimum Gasteiger partial charge on any atom is -0.346 e. The number of amides is 1. The Morgan fingerprint density at radius 3 is 2.68 bits per heavy atom. The normalized spacial score (nSPS) is 18.9. The number of aryl methyl sites for hydroxylation is 1. The largest absolute Gasteiger partial charge is 0.346 e. The van der Waals surface area contributed by atoms with E-state index in [-0.39, 0.29) is 11.9 Å². The molecule has 0 spiro atoms. The number of carbonyl (C=O) groups excluding carboxylic acids is 1. The van der Waals surface area contributed by atoms with Crippen LogP contribution in [-0.2, 0) is 17.6 Å². The maximum Gasteiger partial charge on any atom is 0.222 e. The van der Waals surface area contributed by atoms with E-state index in [0.29, 0.717) is 18.3 Å². The average molecular weight is 302 g/mol. The number of hydrogen-bond acceptors (Lipinski definition) is 2. The molecule has 0 bridgehead atoms. The highest BCUT2D eigenvalue weighted by Crippen LogP contribution is 2.27.